The minimum Gasteiger partial charge on any atom is -0.466 e. The van der Waals surface area contributed by atoms with Crippen LogP contribution in [-0.2, 0) is 27.2 Å². The van der Waals surface area contributed by atoms with E-state index < -0.39 is 0 Å². The molecule has 1 saturated heterocycles. The van der Waals surface area contributed by atoms with Gasteiger partial charge in [-0.05, 0) is 51.6 Å². The van der Waals surface area contributed by atoms with E-state index in [2.05, 4.69) is 47.1 Å². The van der Waals surface area contributed by atoms with Gasteiger partial charge in [0.1, 0.15) is 0 Å². The molecule has 1 aliphatic rings. The summed E-state index contributed by atoms with van der Waals surface area (Å²) in [5.74, 6) is -0.148. The summed E-state index contributed by atoms with van der Waals surface area (Å²) < 4.78 is 10.9. The summed E-state index contributed by atoms with van der Waals surface area (Å²) in [6, 6.07) is 12.6. The van der Waals surface area contributed by atoms with Crippen LogP contribution in [0.4, 0.5) is 5.69 Å². The Morgan fingerprint density at radius 2 is 2.00 bits per heavy atom. The lowest BCUT2D eigenvalue weighted by molar-refractivity contribution is -0.144. The van der Waals surface area contributed by atoms with Gasteiger partial charge in [-0.1, -0.05) is 29.8 Å². The molecule has 1 aliphatic heterocycles. The largest absolute Gasteiger partial charge is 0.466 e. The molecule has 2 heterocycles. The Kier molecular flexibility index (Phi) is 9.84. The predicted octanol–water partition coefficient (Wildman–Crippen LogP) is 3.27. The van der Waals surface area contributed by atoms with Crippen molar-refractivity contribution in [2.24, 2.45) is 4.99 Å². The first-order chi connectivity index (χ1) is 16.0. The van der Waals surface area contributed by atoms with Gasteiger partial charge in [0.15, 0.2) is 0 Å². The number of carbonyl (C=O) groups is 1. The minimum atomic E-state index is -0.148. The van der Waals surface area contributed by atoms with Crippen molar-refractivity contribution in [1.82, 2.24) is 9.88 Å². The van der Waals surface area contributed by atoms with Crippen LogP contribution < -0.4 is 4.90 Å². The number of rotatable bonds is 11. The van der Waals surface area contributed by atoms with Crippen molar-refractivity contribution < 1.29 is 14.3 Å². The van der Waals surface area contributed by atoms with E-state index in [0.29, 0.717) is 26.1 Å². The van der Waals surface area contributed by atoms with E-state index in [1.165, 1.54) is 5.56 Å². The molecule has 2 aromatic rings. The van der Waals surface area contributed by atoms with Crippen LogP contribution >= 0.6 is 0 Å². The number of anilines is 1. The van der Waals surface area contributed by atoms with Crippen LogP contribution in [0.25, 0.3) is 0 Å². The molecule has 0 atom stereocenters. The maximum atomic E-state index is 11.8. The number of aliphatic imine (C=N–C) groups is 1. The highest BCUT2D eigenvalue weighted by Crippen LogP contribution is 2.20. The maximum absolute atomic E-state index is 11.8. The second-order valence-electron chi connectivity index (χ2n) is 8.67. The van der Waals surface area contributed by atoms with Gasteiger partial charge in [-0.15, -0.1) is 0 Å². The SMILES string of the molecule is Cc1cccc(C=NCc2cc(N3CCOCC3)cc(CCCOC(=O)CCN(C)C)n2)c1. The Labute approximate surface area is 197 Å². The van der Waals surface area contributed by atoms with Crippen molar-refractivity contribution >= 4 is 17.9 Å². The number of aromatic nitrogens is 1. The predicted molar refractivity (Wildman–Crippen MR) is 132 cm³/mol. The Morgan fingerprint density at radius 3 is 2.76 bits per heavy atom. The quantitative estimate of drug-likeness (QED) is 0.296. The van der Waals surface area contributed by atoms with Gasteiger partial charge in [0.05, 0.1) is 38.5 Å². The minimum absolute atomic E-state index is 0.148. The van der Waals surface area contributed by atoms with Gasteiger partial charge in [0.2, 0.25) is 0 Å². The van der Waals surface area contributed by atoms with E-state index in [4.69, 9.17) is 14.5 Å². The van der Waals surface area contributed by atoms with Crippen LogP contribution in [0.2, 0.25) is 0 Å². The number of hydrogen-bond acceptors (Lipinski definition) is 7. The number of morpholine rings is 1. The summed E-state index contributed by atoms with van der Waals surface area (Å²) in [7, 11) is 3.89. The van der Waals surface area contributed by atoms with E-state index >= 15 is 0 Å². The fourth-order valence-corrected chi connectivity index (χ4v) is 3.67. The summed E-state index contributed by atoms with van der Waals surface area (Å²) >= 11 is 0. The summed E-state index contributed by atoms with van der Waals surface area (Å²) in [5, 5.41) is 0. The third-order valence-electron chi connectivity index (χ3n) is 5.43. The monoisotopic (exact) mass is 452 g/mol. The molecule has 0 amide bonds. The lowest BCUT2D eigenvalue weighted by atomic mass is 10.1. The van der Waals surface area contributed by atoms with Gasteiger partial charge in [-0.2, -0.15) is 0 Å². The average molecular weight is 453 g/mol. The number of ether oxygens (including phenoxy) is 2. The molecule has 1 fully saturated rings. The van der Waals surface area contributed by atoms with E-state index in [0.717, 1.165) is 61.8 Å². The van der Waals surface area contributed by atoms with E-state index in [-0.39, 0.29) is 5.97 Å². The zero-order chi connectivity index (χ0) is 23.5. The Balaban J connectivity index is 1.61. The topological polar surface area (TPSA) is 67.3 Å². The number of aryl methyl sites for hydroxylation is 2. The number of hydrogen-bond donors (Lipinski definition) is 0. The van der Waals surface area contributed by atoms with Gasteiger partial charge in [0.25, 0.3) is 0 Å². The second-order valence-corrected chi connectivity index (χ2v) is 8.67. The average Bonchev–Trinajstić information content (AvgIpc) is 2.81. The lowest BCUT2D eigenvalue weighted by Gasteiger charge is -2.29. The molecule has 178 valence electrons. The van der Waals surface area contributed by atoms with Crippen LogP contribution in [0, 0.1) is 6.92 Å². The van der Waals surface area contributed by atoms with Crippen molar-refractivity contribution in [2.45, 2.75) is 32.7 Å². The molecule has 7 heteroatoms. The first kappa shape index (κ1) is 24.9. The second kappa shape index (κ2) is 13.1. The Morgan fingerprint density at radius 1 is 1.21 bits per heavy atom. The summed E-state index contributed by atoms with van der Waals surface area (Å²) in [5.41, 5.74) is 5.42. The van der Waals surface area contributed by atoms with E-state index in [9.17, 15) is 4.79 Å². The lowest BCUT2D eigenvalue weighted by Crippen LogP contribution is -2.36. The third kappa shape index (κ3) is 8.94. The van der Waals surface area contributed by atoms with Crippen molar-refractivity contribution in [3.63, 3.8) is 0 Å². The number of carbonyl (C=O) groups excluding carboxylic acids is 1. The molecule has 33 heavy (non-hydrogen) atoms. The van der Waals surface area contributed by atoms with Crippen molar-refractivity contribution in [3.05, 3.63) is 58.9 Å². The number of esters is 1. The summed E-state index contributed by atoms with van der Waals surface area (Å²) in [6.07, 6.45) is 3.83. The smallest absolute Gasteiger partial charge is 0.307 e. The molecule has 7 nitrogen and oxygen atoms in total. The van der Waals surface area contributed by atoms with Gasteiger partial charge >= 0.3 is 5.97 Å². The summed E-state index contributed by atoms with van der Waals surface area (Å²) in [4.78, 5) is 25.6. The molecule has 0 aliphatic carbocycles. The number of pyridine rings is 1. The molecule has 1 aromatic heterocycles. The molecule has 0 bridgehead atoms. The third-order valence-corrected chi connectivity index (χ3v) is 5.43. The van der Waals surface area contributed by atoms with E-state index in [1.54, 1.807) is 0 Å². The first-order valence-corrected chi connectivity index (χ1v) is 11.7. The Hall–Kier alpha value is -2.77. The molecule has 0 saturated carbocycles. The van der Waals surface area contributed by atoms with Crippen LogP contribution in [0.5, 0.6) is 0 Å². The molecular weight excluding hydrogens is 416 g/mol. The number of benzene rings is 1. The maximum Gasteiger partial charge on any atom is 0.307 e. The Bertz CT molecular complexity index is 924. The molecule has 3 rings (SSSR count). The van der Waals surface area contributed by atoms with Crippen LogP contribution in [0.15, 0.2) is 41.4 Å². The standard InChI is InChI=1S/C26H36N4O3/c1-21-6-4-7-22(16-21)19-27-20-24-18-25(30-11-14-32-15-12-30)17-23(28-24)8-5-13-33-26(31)9-10-29(2)3/h4,6-7,16-19H,5,8-15,20H2,1-3H3. The van der Waals surface area contributed by atoms with Crippen LogP contribution in [0.3, 0.4) is 0 Å². The highest BCUT2D eigenvalue weighted by Gasteiger charge is 2.14. The van der Waals surface area contributed by atoms with Crippen LogP contribution in [-0.4, -0.2) is 75.6 Å². The zero-order valence-electron chi connectivity index (χ0n) is 20.1. The number of nitrogens with zero attached hydrogens (tertiary/aromatic N) is 4. The van der Waals surface area contributed by atoms with E-state index in [1.807, 2.05) is 31.3 Å². The van der Waals surface area contributed by atoms with Crippen molar-refractivity contribution in [2.75, 3.05) is 58.5 Å². The molecule has 0 N–H and O–H groups in total. The molecule has 0 unspecified atom stereocenters. The van der Waals surface area contributed by atoms with Crippen molar-refractivity contribution in [1.29, 1.82) is 0 Å². The van der Waals surface area contributed by atoms with Crippen LogP contribution in [0.1, 0.15) is 35.4 Å². The van der Waals surface area contributed by atoms with Gasteiger partial charge in [0, 0.05) is 37.2 Å². The molecular formula is C26H36N4O3. The van der Waals surface area contributed by atoms with Gasteiger partial charge in [-0.3, -0.25) is 14.8 Å². The van der Waals surface area contributed by atoms with Gasteiger partial charge < -0.3 is 19.3 Å². The highest BCUT2D eigenvalue weighted by molar-refractivity contribution is 5.79. The molecule has 1 aromatic carbocycles. The fraction of sp³-hybridized carbons (Fsp3) is 0.500. The molecule has 0 spiro atoms. The normalized spacial score (nSPS) is 14.2. The first-order valence-electron chi connectivity index (χ1n) is 11.7. The zero-order valence-corrected chi connectivity index (χ0v) is 20.1. The summed E-state index contributed by atoms with van der Waals surface area (Å²) in [6.45, 7) is 6.95. The molecule has 0 radical (unpaired) electrons. The van der Waals surface area contributed by atoms with Gasteiger partial charge in [-0.25, -0.2) is 0 Å². The highest BCUT2D eigenvalue weighted by atomic mass is 16.5. The van der Waals surface area contributed by atoms with Crippen molar-refractivity contribution in [3.8, 4) is 0 Å². The fourth-order valence-electron chi connectivity index (χ4n) is 3.67.